The van der Waals surface area contributed by atoms with Crippen LogP contribution in [0.4, 0.5) is 16.2 Å². The van der Waals surface area contributed by atoms with E-state index in [0.29, 0.717) is 22.0 Å². The quantitative estimate of drug-likeness (QED) is 0.802. The van der Waals surface area contributed by atoms with E-state index < -0.39 is 12.0 Å². The van der Waals surface area contributed by atoms with Crippen molar-refractivity contribution < 1.29 is 14.7 Å². The number of nitrogens with one attached hydrogen (secondary N) is 2. The van der Waals surface area contributed by atoms with Gasteiger partial charge in [-0.2, -0.15) is 0 Å². The number of halogens is 1. The highest BCUT2D eigenvalue weighted by atomic mass is 35.5. The Labute approximate surface area is 126 Å². The van der Waals surface area contributed by atoms with Crippen molar-refractivity contribution >= 4 is 35.0 Å². The number of carboxylic acid groups (broad SMARTS) is 1. The highest BCUT2D eigenvalue weighted by Crippen LogP contribution is 2.18. The highest BCUT2D eigenvalue weighted by Gasteiger charge is 2.08. The summed E-state index contributed by atoms with van der Waals surface area (Å²) in [6, 6.07) is 10.8. The zero-order valence-corrected chi connectivity index (χ0v) is 11.9. The average Bonchev–Trinajstić information content (AvgIpc) is 2.40. The number of amides is 2. The molecule has 2 aromatic carbocycles. The normalized spacial score (nSPS) is 10.0. The van der Waals surface area contributed by atoms with Crippen LogP contribution in [0.25, 0.3) is 0 Å². The number of anilines is 2. The maximum Gasteiger partial charge on any atom is 0.335 e. The van der Waals surface area contributed by atoms with Crippen LogP contribution < -0.4 is 10.6 Å². The topological polar surface area (TPSA) is 78.4 Å². The molecule has 0 fully saturated rings. The van der Waals surface area contributed by atoms with Gasteiger partial charge in [-0.1, -0.05) is 17.7 Å². The van der Waals surface area contributed by atoms with E-state index in [2.05, 4.69) is 10.6 Å². The fourth-order valence-electron chi connectivity index (χ4n) is 1.79. The smallest absolute Gasteiger partial charge is 0.335 e. The Hall–Kier alpha value is -2.53. The fraction of sp³-hybridized carbons (Fsp3) is 0.0667. The molecule has 0 aliphatic heterocycles. The van der Waals surface area contributed by atoms with Crippen LogP contribution in [0.1, 0.15) is 15.9 Å². The first-order valence-corrected chi connectivity index (χ1v) is 6.51. The Morgan fingerprint density at radius 1 is 1.10 bits per heavy atom. The molecule has 0 radical (unpaired) electrons. The zero-order chi connectivity index (χ0) is 15.4. The summed E-state index contributed by atoms with van der Waals surface area (Å²) in [5.74, 6) is -1.01. The van der Waals surface area contributed by atoms with Gasteiger partial charge in [-0.25, -0.2) is 9.59 Å². The first-order chi connectivity index (χ1) is 9.95. The van der Waals surface area contributed by atoms with Crippen molar-refractivity contribution in [3.05, 3.63) is 58.6 Å². The molecule has 0 saturated carbocycles. The lowest BCUT2D eigenvalue weighted by atomic mass is 10.1. The fourth-order valence-corrected chi connectivity index (χ4v) is 1.98. The summed E-state index contributed by atoms with van der Waals surface area (Å²) >= 11 is 5.83. The van der Waals surface area contributed by atoms with Crippen molar-refractivity contribution in [1.29, 1.82) is 0 Å². The number of benzene rings is 2. The Balaban J connectivity index is 2.08. The molecule has 0 saturated heterocycles. The molecule has 0 atom stereocenters. The average molecular weight is 305 g/mol. The van der Waals surface area contributed by atoms with Crippen LogP contribution in [0.2, 0.25) is 5.02 Å². The van der Waals surface area contributed by atoms with E-state index in [1.54, 1.807) is 37.3 Å². The number of aromatic carboxylic acids is 1. The standard InChI is InChI=1S/C15H13ClN2O3/c1-9-7-10(14(19)20)5-6-13(9)18-15(21)17-12-4-2-3-11(16)8-12/h2-8H,1H3,(H,19,20)(H2,17,18,21). The van der Waals surface area contributed by atoms with Gasteiger partial charge in [-0.05, 0) is 48.9 Å². The number of carbonyl (C=O) groups is 2. The minimum Gasteiger partial charge on any atom is -0.478 e. The van der Waals surface area contributed by atoms with E-state index in [9.17, 15) is 9.59 Å². The Morgan fingerprint density at radius 2 is 1.86 bits per heavy atom. The zero-order valence-electron chi connectivity index (χ0n) is 11.2. The molecule has 0 aliphatic rings. The van der Waals surface area contributed by atoms with E-state index in [-0.39, 0.29) is 5.56 Å². The van der Waals surface area contributed by atoms with Crippen LogP contribution in [-0.4, -0.2) is 17.1 Å². The predicted molar refractivity (Wildman–Crippen MR) is 82.2 cm³/mol. The largest absolute Gasteiger partial charge is 0.478 e. The molecule has 0 heterocycles. The summed E-state index contributed by atoms with van der Waals surface area (Å²) in [5.41, 5.74) is 1.95. The predicted octanol–water partition coefficient (Wildman–Crippen LogP) is 3.99. The van der Waals surface area contributed by atoms with Gasteiger partial charge in [0.25, 0.3) is 0 Å². The summed E-state index contributed by atoms with van der Waals surface area (Å²) in [6.45, 7) is 1.72. The lowest BCUT2D eigenvalue weighted by Crippen LogP contribution is -2.20. The molecular weight excluding hydrogens is 292 g/mol. The second-order valence-corrected chi connectivity index (χ2v) is 4.86. The van der Waals surface area contributed by atoms with Gasteiger partial charge in [0.05, 0.1) is 5.56 Å². The van der Waals surface area contributed by atoms with Gasteiger partial charge in [0, 0.05) is 16.4 Å². The molecule has 2 aromatic rings. The number of hydrogen-bond acceptors (Lipinski definition) is 2. The molecule has 0 bridgehead atoms. The van der Waals surface area contributed by atoms with Crippen LogP contribution in [0.15, 0.2) is 42.5 Å². The molecule has 2 rings (SSSR count). The number of carboxylic acids is 1. The summed E-state index contributed by atoms with van der Waals surface area (Å²) in [4.78, 5) is 22.7. The number of rotatable bonds is 3. The van der Waals surface area contributed by atoms with E-state index in [0.717, 1.165) is 0 Å². The maximum absolute atomic E-state index is 11.9. The third-order valence-corrected chi connectivity index (χ3v) is 3.04. The number of hydrogen-bond donors (Lipinski definition) is 3. The molecule has 0 aromatic heterocycles. The molecule has 5 nitrogen and oxygen atoms in total. The molecule has 6 heteroatoms. The van der Waals surface area contributed by atoms with Gasteiger partial charge in [0.15, 0.2) is 0 Å². The second kappa shape index (κ2) is 6.28. The molecule has 108 valence electrons. The van der Waals surface area contributed by atoms with Crippen molar-refractivity contribution in [2.45, 2.75) is 6.92 Å². The summed E-state index contributed by atoms with van der Waals surface area (Å²) in [7, 11) is 0. The van der Waals surface area contributed by atoms with Gasteiger partial charge in [0.2, 0.25) is 0 Å². The van der Waals surface area contributed by atoms with Crippen LogP contribution in [0.5, 0.6) is 0 Å². The number of aryl methyl sites for hydroxylation is 1. The first kappa shape index (κ1) is 14.9. The monoisotopic (exact) mass is 304 g/mol. The molecule has 3 N–H and O–H groups in total. The van der Waals surface area contributed by atoms with Crippen LogP contribution in [-0.2, 0) is 0 Å². The minimum absolute atomic E-state index is 0.174. The first-order valence-electron chi connectivity index (χ1n) is 6.13. The van der Waals surface area contributed by atoms with Crippen LogP contribution >= 0.6 is 11.6 Å². The number of urea groups is 1. The molecule has 21 heavy (non-hydrogen) atoms. The van der Waals surface area contributed by atoms with Gasteiger partial charge in [0.1, 0.15) is 0 Å². The third kappa shape index (κ3) is 3.97. The highest BCUT2D eigenvalue weighted by molar-refractivity contribution is 6.30. The van der Waals surface area contributed by atoms with Crippen LogP contribution in [0, 0.1) is 6.92 Å². The Morgan fingerprint density at radius 3 is 2.48 bits per heavy atom. The Kier molecular flexibility index (Phi) is 4.45. The lowest BCUT2D eigenvalue weighted by Gasteiger charge is -2.10. The Bertz CT molecular complexity index is 701. The summed E-state index contributed by atoms with van der Waals surface area (Å²) < 4.78 is 0. The molecule has 0 spiro atoms. The third-order valence-electron chi connectivity index (χ3n) is 2.80. The lowest BCUT2D eigenvalue weighted by molar-refractivity contribution is 0.0697. The maximum atomic E-state index is 11.9. The van der Waals surface area contributed by atoms with Gasteiger partial charge < -0.3 is 15.7 Å². The molecule has 0 aliphatic carbocycles. The van der Waals surface area contributed by atoms with Crippen LogP contribution in [0.3, 0.4) is 0 Å². The van der Waals surface area contributed by atoms with Crippen molar-refractivity contribution in [2.24, 2.45) is 0 Å². The van der Waals surface area contributed by atoms with E-state index in [1.165, 1.54) is 12.1 Å². The SMILES string of the molecule is Cc1cc(C(=O)O)ccc1NC(=O)Nc1cccc(Cl)c1. The van der Waals surface area contributed by atoms with Crippen molar-refractivity contribution in [2.75, 3.05) is 10.6 Å². The minimum atomic E-state index is -1.01. The summed E-state index contributed by atoms with van der Waals surface area (Å²) in [5, 5.41) is 14.7. The van der Waals surface area contributed by atoms with E-state index >= 15 is 0 Å². The van der Waals surface area contributed by atoms with E-state index in [4.69, 9.17) is 16.7 Å². The van der Waals surface area contributed by atoms with Crippen molar-refractivity contribution in [3.63, 3.8) is 0 Å². The number of carbonyl (C=O) groups excluding carboxylic acids is 1. The van der Waals surface area contributed by atoms with Gasteiger partial charge >= 0.3 is 12.0 Å². The molecule has 0 unspecified atom stereocenters. The molecule has 2 amide bonds. The molecular formula is C15H13ClN2O3. The van der Waals surface area contributed by atoms with E-state index in [1.807, 2.05) is 0 Å². The van der Waals surface area contributed by atoms with Gasteiger partial charge in [-0.15, -0.1) is 0 Å². The van der Waals surface area contributed by atoms with Crippen molar-refractivity contribution in [3.8, 4) is 0 Å². The second-order valence-electron chi connectivity index (χ2n) is 4.42. The summed E-state index contributed by atoms with van der Waals surface area (Å²) in [6.07, 6.45) is 0. The van der Waals surface area contributed by atoms with Crippen molar-refractivity contribution in [1.82, 2.24) is 0 Å². The van der Waals surface area contributed by atoms with Gasteiger partial charge in [-0.3, -0.25) is 0 Å².